The summed E-state index contributed by atoms with van der Waals surface area (Å²) < 4.78 is 10.9. The first kappa shape index (κ1) is 19.1. The van der Waals surface area contributed by atoms with Crippen LogP contribution >= 0.6 is 0 Å². The first-order chi connectivity index (χ1) is 11.2. The van der Waals surface area contributed by atoms with Gasteiger partial charge in [-0.2, -0.15) is 0 Å². The van der Waals surface area contributed by atoms with Crippen LogP contribution in [0.25, 0.3) is 0 Å². The fourth-order valence-corrected chi connectivity index (χ4v) is 2.25. The number of hydrogen-bond acceptors (Lipinski definition) is 3. The summed E-state index contributed by atoms with van der Waals surface area (Å²) in [5.74, 6) is 2.48. The lowest BCUT2D eigenvalue weighted by molar-refractivity contribution is 0.310. The standard InChI is InChI=1S/C18H31N3O2/c1-5-7-12-20-18(19-3)21-13-8-9-15-10-11-16(22-4)17(14-15)23-6-2/h10-11,14H,5-9,12-13H2,1-4H3,(H2,19,20,21). The molecule has 0 atom stereocenters. The van der Waals surface area contributed by atoms with Crippen molar-refractivity contribution in [1.29, 1.82) is 0 Å². The number of guanidine groups is 1. The summed E-state index contributed by atoms with van der Waals surface area (Å²) in [7, 11) is 3.47. The molecule has 1 aromatic rings. The smallest absolute Gasteiger partial charge is 0.190 e. The van der Waals surface area contributed by atoms with E-state index in [1.165, 1.54) is 12.0 Å². The van der Waals surface area contributed by atoms with E-state index >= 15 is 0 Å². The Morgan fingerprint density at radius 2 is 1.83 bits per heavy atom. The number of aliphatic imine (C=N–C) groups is 1. The molecule has 5 nitrogen and oxygen atoms in total. The van der Waals surface area contributed by atoms with E-state index in [0.717, 1.165) is 49.8 Å². The highest BCUT2D eigenvalue weighted by Gasteiger charge is 2.05. The Kier molecular flexibility index (Phi) is 9.68. The van der Waals surface area contributed by atoms with Crippen LogP contribution in [0.4, 0.5) is 0 Å². The Hall–Kier alpha value is -1.91. The number of aryl methyl sites for hydroxylation is 1. The number of methoxy groups -OCH3 is 1. The molecule has 2 N–H and O–H groups in total. The van der Waals surface area contributed by atoms with Gasteiger partial charge >= 0.3 is 0 Å². The second-order valence-corrected chi connectivity index (χ2v) is 5.30. The van der Waals surface area contributed by atoms with Gasteiger partial charge in [0.05, 0.1) is 13.7 Å². The zero-order chi connectivity index (χ0) is 16.9. The van der Waals surface area contributed by atoms with E-state index < -0.39 is 0 Å². The molecule has 0 amide bonds. The number of hydrogen-bond donors (Lipinski definition) is 2. The largest absolute Gasteiger partial charge is 0.493 e. The number of nitrogens with one attached hydrogen (secondary N) is 2. The minimum Gasteiger partial charge on any atom is -0.493 e. The highest BCUT2D eigenvalue weighted by molar-refractivity contribution is 5.79. The van der Waals surface area contributed by atoms with Crippen molar-refractivity contribution < 1.29 is 9.47 Å². The van der Waals surface area contributed by atoms with Gasteiger partial charge in [-0.3, -0.25) is 4.99 Å². The summed E-state index contributed by atoms with van der Waals surface area (Å²) >= 11 is 0. The molecule has 5 heteroatoms. The first-order valence-corrected chi connectivity index (χ1v) is 8.49. The molecule has 0 aliphatic heterocycles. The Balaban J connectivity index is 2.39. The van der Waals surface area contributed by atoms with E-state index in [2.05, 4.69) is 34.7 Å². The van der Waals surface area contributed by atoms with Gasteiger partial charge in [0.1, 0.15) is 0 Å². The number of benzene rings is 1. The van der Waals surface area contributed by atoms with E-state index in [4.69, 9.17) is 9.47 Å². The van der Waals surface area contributed by atoms with E-state index in [1.807, 2.05) is 13.0 Å². The summed E-state index contributed by atoms with van der Waals surface area (Å²) in [4.78, 5) is 4.22. The van der Waals surface area contributed by atoms with Gasteiger partial charge in [0.15, 0.2) is 17.5 Å². The molecule has 0 heterocycles. The molecule has 0 unspecified atom stereocenters. The summed E-state index contributed by atoms with van der Waals surface area (Å²) in [6.45, 7) is 6.66. The molecule has 23 heavy (non-hydrogen) atoms. The van der Waals surface area contributed by atoms with Gasteiger partial charge in [-0.1, -0.05) is 19.4 Å². The maximum atomic E-state index is 5.62. The molecule has 0 saturated carbocycles. The van der Waals surface area contributed by atoms with Crippen molar-refractivity contribution in [3.8, 4) is 11.5 Å². The zero-order valence-electron chi connectivity index (χ0n) is 14.9. The van der Waals surface area contributed by atoms with Gasteiger partial charge < -0.3 is 20.1 Å². The molecular formula is C18H31N3O2. The Labute approximate surface area is 140 Å². The fraction of sp³-hybridized carbons (Fsp3) is 0.611. The van der Waals surface area contributed by atoms with Crippen molar-refractivity contribution in [2.24, 2.45) is 4.99 Å². The maximum Gasteiger partial charge on any atom is 0.190 e. The van der Waals surface area contributed by atoms with Crippen molar-refractivity contribution in [3.63, 3.8) is 0 Å². The van der Waals surface area contributed by atoms with Crippen LogP contribution in [0.3, 0.4) is 0 Å². The molecule has 0 aliphatic rings. The zero-order valence-corrected chi connectivity index (χ0v) is 14.9. The summed E-state index contributed by atoms with van der Waals surface area (Å²) in [5.41, 5.74) is 1.25. The predicted octanol–water partition coefficient (Wildman–Crippen LogP) is 2.99. The Bertz CT molecular complexity index is 475. The van der Waals surface area contributed by atoms with E-state index in [9.17, 15) is 0 Å². The lowest BCUT2D eigenvalue weighted by Gasteiger charge is -2.13. The third-order valence-corrected chi connectivity index (χ3v) is 3.51. The predicted molar refractivity (Wildman–Crippen MR) is 96.8 cm³/mol. The van der Waals surface area contributed by atoms with Gasteiger partial charge in [-0.05, 0) is 43.9 Å². The number of nitrogens with zero attached hydrogens (tertiary/aromatic N) is 1. The maximum absolute atomic E-state index is 5.62. The van der Waals surface area contributed by atoms with E-state index in [0.29, 0.717) is 6.61 Å². The highest BCUT2D eigenvalue weighted by Crippen LogP contribution is 2.28. The molecule has 0 radical (unpaired) electrons. The Morgan fingerprint density at radius 3 is 2.43 bits per heavy atom. The van der Waals surface area contributed by atoms with Crippen molar-refractivity contribution in [3.05, 3.63) is 23.8 Å². The second kappa shape index (κ2) is 11.6. The van der Waals surface area contributed by atoms with Gasteiger partial charge in [0.25, 0.3) is 0 Å². The third-order valence-electron chi connectivity index (χ3n) is 3.51. The van der Waals surface area contributed by atoms with E-state index in [-0.39, 0.29) is 0 Å². The number of rotatable bonds is 10. The SMILES string of the molecule is CCCCNC(=NC)NCCCc1ccc(OC)c(OCC)c1. The van der Waals surface area contributed by atoms with Crippen molar-refractivity contribution in [1.82, 2.24) is 10.6 Å². The minimum absolute atomic E-state index is 0.640. The van der Waals surface area contributed by atoms with Crippen LogP contribution in [0, 0.1) is 0 Å². The van der Waals surface area contributed by atoms with E-state index in [1.54, 1.807) is 14.2 Å². The topological polar surface area (TPSA) is 54.9 Å². The quantitative estimate of drug-likeness (QED) is 0.395. The lowest BCUT2D eigenvalue weighted by atomic mass is 10.1. The lowest BCUT2D eigenvalue weighted by Crippen LogP contribution is -2.38. The summed E-state index contributed by atoms with van der Waals surface area (Å²) in [6.07, 6.45) is 4.37. The molecule has 1 rings (SSSR count). The average Bonchev–Trinajstić information content (AvgIpc) is 2.57. The van der Waals surface area contributed by atoms with Crippen LogP contribution in [-0.2, 0) is 6.42 Å². The average molecular weight is 321 g/mol. The van der Waals surface area contributed by atoms with Crippen LogP contribution in [0.2, 0.25) is 0 Å². The van der Waals surface area contributed by atoms with Crippen molar-refractivity contribution in [2.45, 2.75) is 39.5 Å². The second-order valence-electron chi connectivity index (χ2n) is 5.30. The molecule has 0 bridgehead atoms. The number of unbranched alkanes of at least 4 members (excludes halogenated alkanes) is 1. The van der Waals surface area contributed by atoms with Gasteiger partial charge in [0.2, 0.25) is 0 Å². The third kappa shape index (κ3) is 7.26. The van der Waals surface area contributed by atoms with Gasteiger partial charge in [0, 0.05) is 20.1 Å². The van der Waals surface area contributed by atoms with Crippen LogP contribution in [0.15, 0.2) is 23.2 Å². The molecule has 130 valence electrons. The molecule has 0 fully saturated rings. The van der Waals surface area contributed by atoms with Crippen LogP contribution in [0.1, 0.15) is 38.7 Å². The Morgan fingerprint density at radius 1 is 1.09 bits per heavy atom. The van der Waals surface area contributed by atoms with Crippen LogP contribution in [-0.4, -0.2) is 39.8 Å². The molecule has 1 aromatic carbocycles. The molecule has 0 saturated heterocycles. The fourth-order valence-electron chi connectivity index (χ4n) is 2.25. The molecule has 0 aromatic heterocycles. The van der Waals surface area contributed by atoms with Crippen molar-refractivity contribution >= 4 is 5.96 Å². The van der Waals surface area contributed by atoms with Crippen LogP contribution < -0.4 is 20.1 Å². The number of ether oxygens (including phenoxy) is 2. The van der Waals surface area contributed by atoms with Crippen LogP contribution in [0.5, 0.6) is 11.5 Å². The molecular weight excluding hydrogens is 290 g/mol. The summed E-state index contributed by atoms with van der Waals surface area (Å²) in [5, 5.41) is 6.66. The summed E-state index contributed by atoms with van der Waals surface area (Å²) in [6, 6.07) is 6.13. The normalized spacial score (nSPS) is 11.2. The van der Waals surface area contributed by atoms with Gasteiger partial charge in [-0.15, -0.1) is 0 Å². The first-order valence-electron chi connectivity index (χ1n) is 8.49. The monoisotopic (exact) mass is 321 g/mol. The molecule has 0 aliphatic carbocycles. The van der Waals surface area contributed by atoms with Crippen molar-refractivity contribution in [2.75, 3.05) is 33.9 Å². The minimum atomic E-state index is 0.640. The molecule has 0 spiro atoms. The van der Waals surface area contributed by atoms with Gasteiger partial charge in [-0.25, -0.2) is 0 Å². The highest BCUT2D eigenvalue weighted by atomic mass is 16.5.